The quantitative estimate of drug-likeness (QED) is 0.888. The van der Waals surface area contributed by atoms with E-state index in [9.17, 15) is 0 Å². The molecule has 0 aliphatic carbocycles. The van der Waals surface area contributed by atoms with E-state index >= 15 is 0 Å². The molecular weight excluding hydrogens is 260 g/mol. The van der Waals surface area contributed by atoms with E-state index in [-0.39, 0.29) is 6.04 Å². The van der Waals surface area contributed by atoms with E-state index in [1.165, 1.54) is 16.7 Å². The van der Waals surface area contributed by atoms with Crippen molar-refractivity contribution in [1.29, 1.82) is 0 Å². The molecule has 0 saturated heterocycles. The van der Waals surface area contributed by atoms with E-state index in [0.29, 0.717) is 5.92 Å². The summed E-state index contributed by atoms with van der Waals surface area (Å²) in [5.41, 5.74) is 10.1. The van der Waals surface area contributed by atoms with Crippen LogP contribution < -0.4 is 5.73 Å². The average molecular weight is 286 g/mol. The molecule has 21 heavy (non-hydrogen) atoms. The topological polar surface area (TPSA) is 47.1 Å². The van der Waals surface area contributed by atoms with Crippen LogP contribution in [0.3, 0.4) is 0 Å². The number of aromatic nitrogens is 2. The van der Waals surface area contributed by atoms with Crippen molar-refractivity contribution in [1.82, 2.24) is 14.7 Å². The Bertz CT molecular complexity index is 556. The molecule has 0 saturated carbocycles. The summed E-state index contributed by atoms with van der Waals surface area (Å²) in [5.74, 6) is 0.559. The van der Waals surface area contributed by atoms with Gasteiger partial charge in [-0.15, -0.1) is 0 Å². The number of hydrogen-bond acceptors (Lipinski definition) is 3. The predicted molar refractivity (Wildman–Crippen MR) is 87.0 cm³/mol. The Hall–Kier alpha value is -1.65. The maximum absolute atomic E-state index is 6.32. The molecule has 1 heterocycles. The Balaban J connectivity index is 1.92. The fraction of sp³-hybridized carbons (Fsp3) is 0.471. The number of nitrogens with zero attached hydrogens (tertiary/aromatic N) is 3. The van der Waals surface area contributed by atoms with E-state index in [0.717, 1.165) is 13.1 Å². The molecule has 4 heteroatoms. The molecule has 1 aromatic carbocycles. The molecule has 1 unspecified atom stereocenters. The fourth-order valence-corrected chi connectivity index (χ4v) is 2.50. The van der Waals surface area contributed by atoms with Crippen molar-refractivity contribution in [3.8, 4) is 0 Å². The first kappa shape index (κ1) is 15.7. The third-order valence-corrected chi connectivity index (χ3v) is 3.75. The Morgan fingerprint density at radius 2 is 1.81 bits per heavy atom. The van der Waals surface area contributed by atoms with Gasteiger partial charge >= 0.3 is 0 Å². The predicted octanol–water partition coefficient (Wildman–Crippen LogP) is 2.68. The van der Waals surface area contributed by atoms with Crippen molar-refractivity contribution < 1.29 is 0 Å². The highest BCUT2D eigenvalue weighted by Gasteiger charge is 2.11. The third kappa shape index (κ3) is 4.41. The lowest BCUT2D eigenvalue weighted by molar-refractivity contribution is 0.305. The number of benzene rings is 1. The fourth-order valence-electron chi connectivity index (χ4n) is 2.50. The number of nitrogens with two attached hydrogens (primary N) is 1. The Labute approximate surface area is 127 Å². The minimum atomic E-state index is 0.0351. The summed E-state index contributed by atoms with van der Waals surface area (Å²) >= 11 is 0. The van der Waals surface area contributed by atoms with Gasteiger partial charge in [0.2, 0.25) is 0 Å². The molecule has 2 aromatic rings. The van der Waals surface area contributed by atoms with Gasteiger partial charge in [-0.25, -0.2) is 0 Å². The Morgan fingerprint density at radius 3 is 2.33 bits per heavy atom. The van der Waals surface area contributed by atoms with Crippen LogP contribution in [0.2, 0.25) is 0 Å². The van der Waals surface area contributed by atoms with Gasteiger partial charge in [0.1, 0.15) is 0 Å². The first-order chi connectivity index (χ1) is 9.95. The molecule has 2 N–H and O–H groups in total. The molecule has 114 valence electrons. The molecule has 0 aliphatic heterocycles. The van der Waals surface area contributed by atoms with Crippen molar-refractivity contribution in [2.45, 2.75) is 32.4 Å². The number of rotatable bonds is 6. The SMILES string of the molecule is CC(C)c1ccc(C(N)CN(C)Cc2cnn(C)c2)cc1. The van der Waals surface area contributed by atoms with Gasteiger partial charge in [-0.3, -0.25) is 4.68 Å². The van der Waals surface area contributed by atoms with E-state index in [4.69, 9.17) is 5.73 Å². The molecule has 0 bridgehead atoms. The first-order valence-corrected chi connectivity index (χ1v) is 7.47. The molecular formula is C17H26N4. The summed E-state index contributed by atoms with van der Waals surface area (Å²) < 4.78 is 1.83. The first-order valence-electron chi connectivity index (χ1n) is 7.47. The molecule has 0 amide bonds. The van der Waals surface area contributed by atoms with Crippen LogP contribution in [-0.2, 0) is 13.6 Å². The van der Waals surface area contributed by atoms with Crippen LogP contribution >= 0.6 is 0 Å². The molecule has 0 fully saturated rings. The van der Waals surface area contributed by atoms with Crippen molar-refractivity contribution in [3.63, 3.8) is 0 Å². The second-order valence-electron chi connectivity index (χ2n) is 6.15. The Morgan fingerprint density at radius 1 is 1.19 bits per heavy atom. The normalized spacial score (nSPS) is 13.1. The maximum Gasteiger partial charge on any atom is 0.0534 e. The van der Waals surface area contributed by atoms with E-state index in [1.807, 2.05) is 24.1 Å². The lowest BCUT2D eigenvalue weighted by atomic mass is 9.99. The van der Waals surface area contributed by atoms with Crippen LogP contribution in [0.1, 0.15) is 42.5 Å². The van der Waals surface area contributed by atoms with E-state index in [2.05, 4.69) is 55.2 Å². The summed E-state index contributed by atoms with van der Waals surface area (Å²) in [6, 6.07) is 8.70. The number of hydrogen-bond donors (Lipinski definition) is 1. The van der Waals surface area contributed by atoms with Gasteiger partial charge in [-0.2, -0.15) is 5.10 Å². The van der Waals surface area contributed by atoms with Crippen molar-refractivity contribution in [2.24, 2.45) is 12.8 Å². The molecule has 1 aromatic heterocycles. The van der Waals surface area contributed by atoms with Gasteiger partial charge in [0.25, 0.3) is 0 Å². The van der Waals surface area contributed by atoms with Crippen molar-refractivity contribution in [3.05, 3.63) is 53.3 Å². The minimum Gasteiger partial charge on any atom is -0.323 e. The summed E-state index contributed by atoms with van der Waals surface area (Å²) in [6.45, 7) is 6.11. The molecule has 0 spiro atoms. The van der Waals surface area contributed by atoms with Crippen LogP contribution in [0.15, 0.2) is 36.7 Å². The van der Waals surface area contributed by atoms with Crippen LogP contribution in [-0.4, -0.2) is 28.3 Å². The smallest absolute Gasteiger partial charge is 0.0534 e. The van der Waals surface area contributed by atoms with Gasteiger partial charge in [0, 0.05) is 37.9 Å². The molecule has 0 radical (unpaired) electrons. The standard InChI is InChI=1S/C17H26N4/c1-13(2)15-5-7-16(8-6-15)17(18)12-20(3)10-14-9-19-21(4)11-14/h5-9,11,13,17H,10,12,18H2,1-4H3. The number of likely N-dealkylation sites (N-methyl/N-ethyl adjacent to an activating group) is 1. The third-order valence-electron chi connectivity index (χ3n) is 3.75. The molecule has 2 rings (SSSR count). The highest BCUT2D eigenvalue weighted by atomic mass is 15.2. The zero-order valence-electron chi connectivity index (χ0n) is 13.5. The maximum atomic E-state index is 6.32. The molecule has 1 atom stereocenters. The van der Waals surface area contributed by atoms with Gasteiger partial charge in [0.15, 0.2) is 0 Å². The Kier molecular flexibility index (Phi) is 5.15. The molecule has 0 aliphatic rings. The average Bonchev–Trinajstić information content (AvgIpc) is 2.83. The van der Waals surface area contributed by atoms with Crippen molar-refractivity contribution >= 4 is 0 Å². The zero-order valence-corrected chi connectivity index (χ0v) is 13.5. The summed E-state index contributed by atoms with van der Waals surface area (Å²) in [6.07, 6.45) is 3.94. The lowest BCUT2D eigenvalue weighted by Gasteiger charge is -2.21. The van der Waals surface area contributed by atoms with Gasteiger partial charge < -0.3 is 10.6 Å². The molecule has 4 nitrogen and oxygen atoms in total. The van der Waals surface area contributed by atoms with E-state index < -0.39 is 0 Å². The van der Waals surface area contributed by atoms with Crippen LogP contribution in [0, 0.1) is 0 Å². The summed E-state index contributed by atoms with van der Waals surface area (Å²) in [5, 5.41) is 4.19. The van der Waals surface area contributed by atoms with Crippen molar-refractivity contribution in [2.75, 3.05) is 13.6 Å². The van der Waals surface area contributed by atoms with Crippen LogP contribution in [0.4, 0.5) is 0 Å². The summed E-state index contributed by atoms with van der Waals surface area (Å²) in [4.78, 5) is 2.23. The van der Waals surface area contributed by atoms with Gasteiger partial charge in [0.05, 0.1) is 6.20 Å². The summed E-state index contributed by atoms with van der Waals surface area (Å²) in [7, 11) is 4.03. The zero-order chi connectivity index (χ0) is 15.4. The van der Waals surface area contributed by atoms with E-state index in [1.54, 1.807) is 0 Å². The number of aryl methyl sites for hydroxylation is 1. The van der Waals surface area contributed by atoms with Gasteiger partial charge in [-0.05, 0) is 24.1 Å². The van der Waals surface area contributed by atoms with Crippen LogP contribution in [0.5, 0.6) is 0 Å². The lowest BCUT2D eigenvalue weighted by Crippen LogP contribution is -2.28. The highest BCUT2D eigenvalue weighted by molar-refractivity contribution is 5.26. The monoisotopic (exact) mass is 286 g/mol. The van der Waals surface area contributed by atoms with Gasteiger partial charge in [-0.1, -0.05) is 38.1 Å². The second kappa shape index (κ2) is 6.87. The largest absolute Gasteiger partial charge is 0.323 e. The minimum absolute atomic E-state index is 0.0351. The second-order valence-corrected chi connectivity index (χ2v) is 6.15. The van der Waals surface area contributed by atoms with Crippen LogP contribution in [0.25, 0.3) is 0 Å². The highest BCUT2D eigenvalue weighted by Crippen LogP contribution is 2.18.